The Balaban J connectivity index is 1.47. The van der Waals surface area contributed by atoms with Crippen molar-refractivity contribution in [3.05, 3.63) is 53.1 Å². The number of aromatic nitrogens is 2. The number of amides is 1. The van der Waals surface area contributed by atoms with Gasteiger partial charge in [-0.15, -0.1) is 0 Å². The molecule has 2 heterocycles. The van der Waals surface area contributed by atoms with Crippen LogP contribution in [0.15, 0.2) is 30.5 Å². The molecule has 1 amide bonds. The molecule has 0 atom stereocenters. The van der Waals surface area contributed by atoms with Crippen molar-refractivity contribution in [1.82, 2.24) is 15.1 Å². The van der Waals surface area contributed by atoms with Crippen molar-refractivity contribution in [1.29, 1.82) is 0 Å². The predicted molar refractivity (Wildman–Crippen MR) is 91.8 cm³/mol. The Morgan fingerprint density at radius 3 is 2.48 bits per heavy atom. The Kier molecular flexibility index (Phi) is 5.26. The van der Waals surface area contributed by atoms with Gasteiger partial charge >= 0.3 is 0 Å². The molecule has 25 heavy (non-hydrogen) atoms. The lowest BCUT2D eigenvalue weighted by atomic mass is 9.91. The van der Waals surface area contributed by atoms with E-state index < -0.39 is 0 Å². The molecule has 0 radical (unpaired) electrons. The molecule has 1 aliphatic heterocycles. The Morgan fingerprint density at radius 2 is 1.88 bits per heavy atom. The highest BCUT2D eigenvalue weighted by molar-refractivity contribution is 5.97. The molecule has 0 spiro atoms. The van der Waals surface area contributed by atoms with Crippen molar-refractivity contribution in [2.75, 3.05) is 13.1 Å². The third-order valence-electron chi connectivity index (χ3n) is 4.86. The molecule has 2 aromatic rings. The van der Waals surface area contributed by atoms with E-state index in [9.17, 15) is 14.0 Å². The minimum atomic E-state index is -0.372. The van der Waals surface area contributed by atoms with Crippen molar-refractivity contribution in [3.8, 4) is 0 Å². The van der Waals surface area contributed by atoms with Crippen LogP contribution in [0.1, 0.15) is 53.2 Å². The minimum absolute atomic E-state index is 0.00949. The molecule has 1 fully saturated rings. The second-order valence-corrected chi connectivity index (χ2v) is 6.55. The Morgan fingerprint density at radius 1 is 1.20 bits per heavy atom. The zero-order valence-corrected chi connectivity index (χ0v) is 14.3. The summed E-state index contributed by atoms with van der Waals surface area (Å²) >= 11 is 0. The van der Waals surface area contributed by atoms with Gasteiger partial charge in [0.15, 0.2) is 5.78 Å². The van der Waals surface area contributed by atoms with Gasteiger partial charge in [0.1, 0.15) is 5.82 Å². The van der Waals surface area contributed by atoms with E-state index in [1.54, 1.807) is 0 Å². The number of ketones is 1. The van der Waals surface area contributed by atoms with Gasteiger partial charge in [-0.1, -0.05) is 0 Å². The lowest BCUT2D eigenvalue weighted by Gasteiger charge is -2.32. The first kappa shape index (κ1) is 17.3. The number of likely N-dealkylation sites (tertiary alicyclic amines) is 1. The van der Waals surface area contributed by atoms with Crippen LogP contribution in [0.25, 0.3) is 0 Å². The van der Waals surface area contributed by atoms with Crippen LogP contribution in [0, 0.1) is 12.7 Å². The molecule has 1 aromatic carbocycles. The number of carbonyl (C=O) groups excluding carboxylic acids is 2. The fraction of sp³-hybridized carbons (Fsp3) is 0.421. The maximum Gasteiger partial charge on any atom is 0.223 e. The number of halogens is 1. The quantitative estimate of drug-likeness (QED) is 0.848. The molecule has 0 unspecified atom stereocenters. The maximum absolute atomic E-state index is 12.9. The first-order valence-corrected chi connectivity index (χ1v) is 8.61. The van der Waals surface area contributed by atoms with Crippen LogP contribution in [-0.2, 0) is 4.79 Å². The van der Waals surface area contributed by atoms with Crippen LogP contribution >= 0.6 is 0 Å². The first-order chi connectivity index (χ1) is 12.0. The van der Waals surface area contributed by atoms with Gasteiger partial charge in [-0.3, -0.25) is 14.7 Å². The number of carbonyl (C=O) groups is 2. The SMILES string of the molecule is Cc1cn[nH]c1C1CCN(C(=O)CCC(=O)c2ccc(F)cc2)CC1. The topological polar surface area (TPSA) is 66.1 Å². The highest BCUT2D eigenvalue weighted by Gasteiger charge is 2.25. The molecule has 0 bridgehead atoms. The van der Waals surface area contributed by atoms with Gasteiger partial charge in [0, 0.05) is 43.1 Å². The maximum atomic E-state index is 12.9. The summed E-state index contributed by atoms with van der Waals surface area (Å²) in [4.78, 5) is 26.3. The third-order valence-corrected chi connectivity index (χ3v) is 4.86. The largest absolute Gasteiger partial charge is 0.343 e. The minimum Gasteiger partial charge on any atom is -0.343 e. The van der Waals surface area contributed by atoms with Gasteiger partial charge in [0.25, 0.3) is 0 Å². The summed E-state index contributed by atoms with van der Waals surface area (Å²) < 4.78 is 12.9. The molecule has 6 heteroatoms. The summed E-state index contributed by atoms with van der Waals surface area (Å²) in [5.74, 6) is -0.0815. The number of aryl methyl sites for hydroxylation is 1. The highest BCUT2D eigenvalue weighted by Crippen LogP contribution is 2.28. The number of piperidine rings is 1. The van der Waals surface area contributed by atoms with E-state index >= 15 is 0 Å². The molecule has 0 saturated carbocycles. The Bertz CT molecular complexity index is 746. The van der Waals surface area contributed by atoms with E-state index in [1.165, 1.54) is 30.0 Å². The van der Waals surface area contributed by atoms with E-state index in [4.69, 9.17) is 0 Å². The van der Waals surface area contributed by atoms with Crippen molar-refractivity contribution < 1.29 is 14.0 Å². The summed E-state index contributed by atoms with van der Waals surface area (Å²) in [6, 6.07) is 5.44. The molecule has 1 aliphatic rings. The van der Waals surface area contributed by atoms with E-state index in [-0.39, 0.29) is 30.3 Å². The number of nitrogens with one attached hydrogen (secondary N) is 1. The summed E-state index contributed by atoms with van der Waals surface area (Å²) in [6.07, 6.45) is 3.99. The summed E-state index contributed by atoms with van der Waals surface area (Å²) in [5, 5.41) is 7.12. The Labute approximate surface area is 146 Å². The smallest absolute Gasteiger partial charge is 0.223 e. The molecular weight excluding hydrogens is 321 g/mol. The summed E-state index contributed by atoms with van der Waals surface area (Å²) in [5.41, 5.74) is 2.77. The van der Waals surface area contributed by atoms with Gasteiger partial charge in [0.2, 0.25) is 5.91 Å². The van der Waals surface area contributed by atoms with Crippen molar-refractivity contribution in [2.45, 2.75) is 38.5 Å². The van der Waals surface area contributed by atoms with Crippen molar-refractivity contribution in [2.24, 2.45) is 0 Å². The van der Waals surface area contributed by atoms with E-state index in [1.807, 2.05) is 18.0 Å². The fourth-order valence-corrected chi connectivity index (χ4v) is 3.35. The molecule has 132 valence electrons. The molecule has 0 aliphatic carbocycles. The lowest BCUT2D eigenvalue weighted by Crippen LogP contribution is -2.38. The van der Waals surface area contributed by atoms with Crippen LogP contribution < -0.4 is 0 Å². The molecule has 1 N–H and O–H groups in total. The van der Waals surface area contributed by atoms with E-state index in [0.29, 0.717) is 24.6 Å². The van der Waals surface area contributed by atoms with Crippen LogP contribution in [0.5, 0.6) is 0 Å². The van der Waals surface area contributed by atoms with Crippen molar-refractivity contribution in [3.63, 3.8) is 0 Å². The molecule has 1 saturated heterocycles. The lowest BCUT2D eigenvalue weighted by molar-refractivity contribution is -0.132. The Hall–Kier alpha value is -2.50. The molecular formula is C19H22FN3O2. The molecule has 5 nitrogen and oxygen atoms in total. The number of hydrogen-bond donors (Lipinski definition) is 1. The number of nitrogens with zero attached hydrogens (tertiary/aromatic N) is 2. The number of Topliss-reactive ketones (excluding diaryl/α,β-unsaturated/α-hetero) is 1. The molecule has 3 rings (SSSR count). The zero-order valence-electron chi connectivity index (χ0n) is 14.3. The van der Waals surface area contributed by atoms with Gasteiger partial charge in [-0.05, 0) is 49.6 Å². The second kappa shape index (κ2) is 7.59. The number of rotatable bonds is 5. The average molecular weight is 343 g/mol. The standard InChI is InChI=1S/C19H22FN3O2/c1-13-12-21-22-19(13)15-8-10-23(11-9-15)18(25)7-6-17(24)14-2-4-16(20)5-3-14/h2-5,12,15H,6-11H2,1H3,(H,21,22). The second-order valence-electron chi connectivity index (χ2n) is 6.55. The third kappa shape index (κ3) is 4.13. The zero-order chi connectivity index (χ0) is 17.8. The fourth-order valence-electron chi connectivity index (χ4n) is 3.35. The van der Waals surface area contributed by atoms with Crippen molar-refractivity contribution >= 4 is 11.7 Å². The number of aromatic amines is 1. The average Bonchev–Trinajstić information content (AvgIpc) is 3.06. The number of H-pyrrole nitrogens is 1. The van der Waals surface area contributed by atoms with Crippen LogP contribution in [-0.4, -0.2) is 39.9 Å². The number of benzene rings is 1. The first-order valence-electron chi connectivity index (χ1n) is 8.61. The predicted octanol–water partition coefficient (Wildman–Crippen LogP) is 3.23. The van der Waals surface area contributed by atoms with Crippen LogP contribution in [0.3, 0.4) is 0 Å². The monoisotopic (exact) mass is 343 g/mol. The van der Waals surface area contributed by atoms with Gasteiger partial charge < -0.3 is 4.90 Å². The van der Waals surface area contributed by atoms with Gasteiger partial charge in [-0.25, -0.2) is 4.39 Å². The molecule has 1 aromatic heterocycles. The van der Waals surface area contributed by atoms with Crippen LogP contribution in [0.2, 0.25) is 0 Å². The van der Waals surface area contributed by atoms with Crippen LogP contribution in [0.4, 0.5) is 4.39 Å². The highest BCUT2D eigenvalue weighted by atomic mass is 19.1. The van der Waals surface area contributed by atoms with Gasteiger partial charge in [-0.2, -0.15) is 5.10 Å². The summed E-state index contributed by atoms with van der Waals surface area (Å²) in [7, 11) is 0. The van der Waals surface area contributed by atoms with E-state index in [0.717, 1.165) is 18.4 Å². The normalized spacial score (nSPS) is 15.4. The number of hydrogen-bond acceptors (Lipinski definition) is 3. The van der Waals surface area contributed by atoms with Gasteiger partial charge in [0.05, 0.1) is 6.20 Å². The van der Waals surface area contributed by atoms with E-state index in [2.05, 4.69) is 10.2 Å². The summed E-state index contributed by atoms with van der Waals surface area (Å²) in [6.45, 7) is 3.44.